The third kappa shape index (κ3) is 4.37. The van der Waals surface area contributed by atoms with Gasteiger partial charge in [0.2, 0.25) is 0 Å². The molecule has 1 fully saturated rings. The first kappa shape index (κ1) is 13.5. The van der Waals surface area contributed by atoms with Crippen LogP contribution in [0.5, 0.6) is 0 Å². The topological polar surface area (TPSA) is 45.4 Å². The fraction of sp³-hybridized carbons (Fsp3) is 0.643. The second-order valence-electron chi connectivity index (χ2n) is 4.90. The molecule has 18 heavy (non-hydrogen) atoms. The lowest BCUT2D eigenvalue weighted by molar-refractivity contribution is 0.133. The summed E-state index contributed by atoms with van der Waals surface area (Å²) in [6.07, 6.45) is 4.05. The van der Waals surface area contributed by atoms with Gasteiger partial charge >= 0.3 is 0 Å². The van der Waals surface area contributed by atoms with Crippen LogP contribution in [-0.2, 0) is 6.42 Å². The minimum atomic E-state index is 0.805. The molecule has 2 N–H and O–H groups in total. The van der Waals surface area contributed by atoms with E-state index in [1.54, 1.807) is 0 Å². The van der Waals surface area contributed by atoms with Crippen molar-refractivity contribution in [1.29, 1.82) is 0 Å². The van der Waals surface area contributed by atoms with Gasteiger partial charge in [-0.25, -0.2) is 0 Å². The van der Waals surface area contributed by atoms with Gasteiger partial charge in [-0.05, 0) is 31.6 Å². The highest BCUT2D eigenvalue weighted by Gasteiger charge is 2.15. The monoisotopic (exact) mass is 248 g/mol. The van der Waals surface area contributed by atoms with Crippen molar-refractivity contribution >= 4 is 0 Å². The predicted molar refractivity (Wildman–Crippen MR) is 74.5 cm³/mol. The molecule has 0 bridgehead atoms. The lowest BCUT2D eigenvalue weighted by Crippen LogP contribution is -2.47. The van der Waals surface area contributed by atoms with E-state index < -0.39 is 0 Å². The molecule has 0 aliphatic carbocycles. The van der Waals surface area contributed by atoms with Crippen molar-refractivity contribution in [3.05, 3.63) is 30.1 Å². The Bertz CT molecular complexity index is 320. The van der Waals surface area contributed by atoms with Gasteiger partial charge < -0.3 is 15.5 Å². The van der Waals surface area contributed by atoms with E-state index in [1.807, 2.05) is 12.3 Å². The molecule has 0 aromatic carbocycles. The second-order valence-corrected chi connectivity index (χ2v) is 4.90. The SMILES string of the molecule is NCCCN1CCN(CCc2ccccn2)CC1. The van der Waals surface area contributed by atoms with Crippen molar-refractivity contribution in [3.63, 3.8) is 0 Å². The lowest BCUT2D eigenvalue weighted by atomic mass is 10.2. The van der Waals surface area contributed by atoms with Crippen molar-refractivity contribution in [1.82, 2.24) is 14.8 Å². The van der Waals surface area contributed by atoms with Gasteiger partial charge in [0.05, 0.1) is 0 Å². The molecule has 2 rings (SSSR count). The van der Waals surface area contributed by atoms with Gasteiger partial charge in [0.1, 0.15) is 0 Å². The van der Waals surface area contributed by atoms with Crippen molar-refractivity contribution in [2.45, 2.75) is 12.8 Å². The zero-order chi connectivity index (χ0) is 12.6. The molecule has 0 atom stereocenters. The van der Waals surface area contributed by atoms with Gasteiger partial charge in [-0.1, -0.05) is 6.07 Å². The Hall–Kier alpha value is -0.970. The highest BCUT2D eigenvalue weighted by atomic mass is 15.3. The maximum atomic E-state index is 5.54. The van der Waals surface area contributed by atoms with E-state index >= 15 is 0 Å². The van der Waals surface area contributed by atoms with Gasteiger partial charge in [0.15, 0.2) is 0 Å². The second kappa shape index (κ2) is 7.46. The van der Waals surface area contributed by atoms with E-state index in [9.17, 15) is 0 Å². The number of rotatable bonds is 6. The lowest BCUT2D eigenvalue weighted by Gasteiger charge is -2.34. The van der Waals surface area contributed by atoms with Gasteiger partial charge in [-0.3, -0.25) is 4.98 Å². The highest BCUT2D eigenvalue weighted by Crippen LogP contribution is 2.04. The van der Waals surface area contributed by atoms with E-state index in [1.165, 1.54) is 31.9 Å². The molecule has 100 valence electrons. The normalized spacial score (nSPS) is 18.1. The Morgan fingerprint density at radius 1 is 1.06 bits per heavy atom. The number of nitrogens with two attached hydrogens (primary N) is 1. The van der Waals surface area contributed by atoms with Crippen LogP contribution in [0.4, 0.5) is 0 Å². The number of hydrogen-bond donors (Lipinski definition) is 1. The molecule has 0 unspecified atom stereocenters. The Labute approximate surface area is 110 Å². The quantitative estimate of drug-likeness (QED) is 0.800. The van der Waals surface area contributed by atoms with E-state index in [2.05, 4.69) is 26.9 Å². The number of nitrogens with zero attached hydrogens (tertiary/aromatic N) is 3. The zero-order valence-electron chi connectivity index (χ0n) is 11.1. The van der Waals surface area contributed by atoms with Crippen molar-refractivity contribution < 1.29 is 0 Å². The number of piperazine rings is 1. The Balaban J connectivity index is 1.65. The summed E-state index contributed by atoms with van der Waals surface area (Å²) in [5.41, 5.74) is 6.74. The largest absolute Gasteiger partial charge is 0.330 e. The molecule has 1 aliphatic heterocycles. The fourth-order valence-electron chi connectivity index (χ4n) is 2.37. The molecule has 2 heterocycles. The molecule has 1 aliphatic rings. The van der Waals surface area contributed by atoms with Crippen molar-refractivity contribution in [3.8, 4) is 0 Å². The first-order chi connectivity index (χ1) is 8.88. The molecule has 1 aromatic heterocycles. The molecule has 0 radical (unpaired) electrons. The third-order valence-electron chi connectivity index (χ3n) is 3.55. The van der Waals surface area contributed by atoms with Crippen molar-refractivity contribution in [2.24, 2.45) is 5.73 Å². The van der Waals surface area contributed by atoms with Crippen LogP contribution in [0.2, 0.25) is 0 Å². The summed E-state index contributed by atoms with van der Waals surface area (Å²) < 4.78 is 0. The molecule has 0 saturated carbocycles. The van der Waals surface area contributed by atoms with Crippen LogP contribution in [0.15, 0.2) is 24.4 Å². The average molecular weight is 248 g/mol. The van der Waals surface area contributed by atoms with Crippen molar-refractivity contribution in [2.75, 3.05) is 45.8 Å². The molecule has 1 saturated heterocycles. The van der Waals surface area contributed by atoms with Crippen LogP contribution in [0.1, 0.15) is 12.1 Å². The van der Waals surface area contributed by atoms with Gasteiger partial charge in [-0.2, -0.15) is 0 Å². The number of hydrogen-bond acceptors (Lipinski definition) is 4. The first-order valence-corrected chi connectivity index (χ1v) is 6.93. The van der Waals surface area contributed by atoms with Crippen LogP contribution < -0.4 is 5.73 Å². The molecule has 4 nitrogen and oxygen atoms in total. The summed E-state index contributed by atoms with van der Waals surface area (Å²) >= 11 is 0. The van der Waals surface area contributed by atoms with E-state index in [4.69, 9.17) is 5.73 Å². The fourth-order valence-corrected chi connectivity index (χ4v) is 2.37. The number of aromatic nitrogens is 1. The minimum absolute atomic E-state index is 0.805. The summed E-state index contributed by atoms with van der Waals surface area (Å²) in [4.78, 5) is 9.42. The van der Waals surface area contributed by atoms with Gasteiger partial charge in [0.25, 0.3) is 0 Å². The highest BCUT2D eigenvalue weighted by molar-refractivity contribution is 5.03. The predicted octanol–water partition coefficient (Wildman–Crippen LogP) is 0.591. The van der Waals surface area contributed by atoms with E-state index in [-0.39, 0.29) is 0 Å². The summed E-state index contributed by atoms with van der Waals surface area (Å²) in [5, 5.41) is 0. The van der Waals surface area contributed by atoms with Crippen LogP contribution in [0, 0.1) is 0 Å². The minimum Gasteiger partial charge on any atom is -0.330 e. The maximum Gasteiger partial charge on any atom is 0.0416 e. The van der Waals surface area contributed by atoms with Crippen LogP contribution in [-0.4, -0.2) is 60.6 Å². The Morgan fingerprint density at radius 3 is 2.39 bits per heavy atom. The maximum absolute atomic E-state index is 5.54. The van der Waals surface area contributed by atoms with Gasteiger partial charge in [-0.15, -0.1) is 0 Å². The third-order valence-corrected chi connectivity index (χ3v) is 3.55. The molecular weight excluding hydrogens is 224 g/mol. The smallest absolute Gasteiger partial charge is 0.0416 e. The average Bonchev–Trinajstić information content (AvgIpc) is 2.45. The summed E-state index contributed by atoms with van der Waals surface area (Å²) in [7, 11) is 0. The first-order valence-electron chi connectivity index (χ1n) is 6.93. The molecular formula is C14H24N4. The van der Waals surface area contributed by atoms with E-state index in [0.29, 0.717) is 0 Å². The summed E-state index contributed by atoms with van der Waals surface area (Å²) in [5.74, 6) is 0. The summed E-state index contributed by atoms with van der Waals surface area (Å²) in [6, 6.07) is 6.14. The number of pyridine rings is 1. The van der Waals surface area contributed by atoms with Crippen LogP contribution >= 0.6 is 0 Å². The van der Waals surface area contributed by atoms with Crippen LogP contribution in [0.25, 0.3) is 0 Å². The molecule has 0 amide bonds. The molecule has 0 spiro atoms. The standard InChI is InChI=1S/C14H24N4/c15-6-3-8-17-10-12-18(13-11-17)9-5-14-4-1-2-7-16-14/h1-2,4,7H,3,5-6,8-13,15H2. The molecule has 1 aromatic rings. The Morgan fingerprint density at radius 2 is 1.78 bits per heavy atom. The molecule has 4 heteroatoms. The summed E-state index contributed by atoms with van der Waals surface area (Å²) in [6.45, 7) is 7.81. The Kier molecular flexibility index (Phi) is 5.58. The van der Waals surface area contributed by atoms with Gasteiger partial charge in [0, 0.05) is 51.0 Å². The van der Waals surface area contributed by atoms with E-state index in [0.717, 1.165) is 32.5 Å². The van der Waals surface area contributed by atoms with Crippen LogP contribution in [0.3, 0.4) is 0 Å². The zero-order valence-corrected chi connectivity index (χ0v) is 11.1.